The van der Waals surface area contributed by atoms with Gasteiger partial charge in [-0.3, -0.25) is 0 Å². The summed E-state index contributed by atoms with van der Waals surface area (Å²) in [5, 5.41) is 0. The molecule has 1 saturated carbocycles. The number of nitrogens with two attached hydrogens (primary N) is 1. The molecular weight excluding hydrogens is 222 g/mol. The second-order valence-electron chi connectivity index (χ2n) is 5.07. The van der Waals surface area contributed by atoms with E-state index in [9.17, 15) is 0 Å². The van der Waals surface area contributed by atoms with Crippen LogP contribution in [0.4, 0.5) is 5.82 Å². The summed E-state index contributed by atoms with van der Waals surface area (Å²) in [6.07, 6.45) is 3.23. The van der Waals surface area contributed by atoms with Crippen molar-refractivity contribution >= 4 is 5.82 Å². The maximum atomic E-state index is 5.85. The minimum Gasteiger partial charge on any atom is -0.384 e. The number of aryl methyl sites for hydroxylation is 1. The van der Waals surface area contributed by atoms with Gasteiger partial charge in [-0.2, -0.15) is 0 Å². The molecule has 0 unspecified atom stereocenters. The third-order valence-corrected chi connectivity index (χ3v) is 3.29. The highest BCUT2D eigenvalue weighted by Crippen LogP contribution is 2.39. The normalized spacial score (nSPS) is 14.7. The third kappa shape index (κ3) is 2.50. The van der Waals surface area contributed by atoms with Crippen molar-refractivity contribution in [1.82, 2.24) is 9.97 Å². The van der Waals surface area contributed by atoms with Crippen LogP contribution in [0.1, 0.15) is 41.4 Å². The summed E-state index contributed by atoms with van der Waals surface area (Å²) >= 11 is 0. The zero-order valence-electron chi connectivity index (χ0n) is 10.6. The molecule has 0 atom stereocenters. The molecule has 0 spiro atoms. The predicted molar refractivity (Wildman–Crippen MR) is 72.4 cm³/mol. The molecule has 0 saturated heterocycles. The highest BCUT2D eigenvalue weighted by atomic mass is 14.9. The van der Waals surface area contributed by atoms with Gasteiger partial charge in [-0.05, 0) is 25.3 Å². The summed E-state index contributed by atoms with van der Waals surface area (Å²) in [6.45, 7) is 2.09. The summed E-state index contributed by atoms with van der Waals surface area (Å²) in [5.74, 6) is 2.04. The average Bonchev–Trinajstić information content (AvgIpc) is 3.15. The van der Waals surface area contributed by atoms with Crippen molar-refractivity contribution in [1.29, 1.82) is 0 Å². The van der Waals surface area contributed by atoms with E-state index in [4.69, 9.17) is 5.73 Å². The molecule has 3 rings (SSSR count). The molecule has 1 aliphatic rings. The lowest BCUT2D eigenvalue weighted by Crippen LogP contribution is -2.03. The number of nitrogen functional groups attached to an aromatic ring is 1. The highest BCUT2D eigenvalue weighted by molar-refractivity contribution is 5.34. The van der Waals surface area contributed by atoms with Crippen LogP contribution in [0.3, 0.4) is 0 Å². The van der Waals surface area contributed by atoms with E-state index in [0.29, 0.717) is 11.7 Å². The number of hydrogen-bond donors (Lipinski definition) is 1. The first-order valence-corrected chi connectivity index (χ1v) is 6.39. The summed E-state index contributed by atoms with van der Waals surface area (Å²) in [6, 6.07) is 10.4. The fourth-order valence-corrected chi connectivity index (χ4v) is 2.09. The molecule has 1 fully saturated rings. The molecule has 0 aliphatic heterocycles. The molecule has 3 nitrogen and oxygen atoms in total. The fraction of sp³-hybridized carbons (Fsp3) is 0.333. The van der Waals surface area contributed by atoms with Crippen LogP contribution < -0.4 is 5.73 Å². The molecule has 2 N–H and O–H groups in total. The van der Waals surface area contributed by atoms with Crippen LogP contribution in [0.5, 0.6) is 0 Å². The second-order valence-corrected chi connectivity index (χ2v) is 5.07. The Morgan fingerprint density at radius 3 is 2.56 bits per heavy atom. The first-order valence-electron chi connectivity index (χ1n) is 6.39. The second kappa shape index (κ2) is 4.41. The van der Waals surface area contributed by atoms with Crippen LogP contribution in [-0.2, 0) is 6.42 Å². The lowest BCUT2D eigenvalue weighted by molar-refractivity contribution is 0.904. The maximum Gasteiger partial charge on any atom is 0.135 e. The molecule has 2 aromatic rings. The molecule has 0 amide bonds. The minimum absolute atomic E-state index is 0.592. The van der Waals surface area contributed by atoms with Crippen LogP contribution in [0.25, 0.3) is 0 Å². The Morgan fingerprint density at radius 2 is 1.89 bits per heavy atom. The largest absolute Gasteiger partial charge is 0.384 e. The molecule has 1 aliphatic carbocycles. The predicted octanol–water partition coefficient (Wildman–Crippen LogP) is 2.84. The number of rotatable bonds is 3. The zero-order chi connectivity index (χ0) is 12.5. The van der Waals surface area contributed by atoms with E-state index in [1.807, 2.05) is 6.07 Å². The van der Waals surface area contributed by atoms with E-state index >= 15 is 0 Å². The molecule has 3 heteroatoms. The van der Waals surface area contributed by atoms with Gasteiger partial charge in [0.05, 0.1) is 0 Å². The number of anilines is 1. The van der Waals surface area contributed by atoms with E-state index in [1.54, 1.807) is 0 Å². The van der Waals surface area contributed by atoms with Crippen LogP contribution in [0.15, 0.2) is 30.3 Å². The van der Waals surface area contributed by atoms with E-state index < -0.39 is 0 Å². The summed E-state index contributed by atoms with van der Waals surface area (Å²) in [4.78, 5) is 8.95. The molecule has 1 aromatic heterocycles. The van der Waals surface area contributed by atoms with E-state index in [1.165, 1.54) is 24.0 Å². The van der Waals surface area contributed by atoms with E-state index in [-0.39, 0.29) is 0 Å². The maximum absolute atomic E-state index is 5.85. The Balaban J connectivity index is 1.85. The number of benzene rings is 1. The molecule has 1 heterocycles. The molecular formula is C15H17N3. The molecule has 18 heavy (non-hydrogen) atoms. The average molecular weight is 239 g/mol. The Kier molecular flexibility index (Phi) is 2.74. The Morgan fingerprint density at radius 1 is 1.17 bits per heavy atom. The number of hydrogen-bond acceptors (Lipinski definition) is 3. The third-order valence-electron chi connectivity index (χ3n) is 3.29. The van der Waals surface area contributed by atoms with Gasteiger partial charge in [-0.1, -0.05) is 29.8 Å². The monoisotopic (exact) mass is 239 g/mol. The molecule has 0 radical (unpaired) electrons. The van der Waals surface area contributed by atoms with Gasteiger partial charge in [-0.25, -0.2) is 9.97 Å². The summed E-state index contributed by atoms with van der Waals surface area (Å²) < 4.78 is 0. The van der Waals surface area contributed by atoms with Crippen LogP contribution in [0, 0.1) is 6.92 Å². The van der Waals surface area contributed by atoms with Gasteiger partial charge >= 0.3 is 0 Å². The number of nitrogens with zero attached hydrogens (tertiary/aromatic N) is 2. The van der Waals surface area contributed by atoms with Crippen molar-refractivity contribution < 1.29 is 0 Å². The minimum atomic E-state index is 0.592. The lowest BCUT2D eigenvalue weighted by Gasteiger charge is -2.05. The Bertz CT molecular complexity index is 556. The van der Waals surface area contributed by atoms with Crippen molar-refractivity contribution in [2.75, 3.05) is 5.73 Å². The van der Waals surface area contributed by atoms with E-state index in [0.717, 1.165) is 17.9 Å². The van der Waals surface area contributed by atoms with Gasteiger partial charge < -0.3 is 5.73 Å². The van der Waals surface area contributed by atoms with Crippen molar-refractivity contribution in [3.05, 3.63) is 53.0 Å². The summed E-state index contributed by atoms with van der Waals surface area (Å²) in [5.41, 5.74) is 9.47. The van der Waals surface area contributed by atoms with Crippen LogP contribution in [0.2, 0.25) is 0 Å². The van der Waals surface area contributed by atoms with Crippen LogP contribution in [-0.4, -0.2) is 9.97 Å². The molecule has 0 bridgehead atoms. The SMILES string of the molecule is Cc1ccc(Cc2nc(N)cc(C3CC3)n2)cc1. The van der Waals surface area contributed by atoms with Gasteiger partial charge in [-0.15, -0.1) is 0 Å². The van der Waals surface area contributed by atoms with Gasteiger partial charge in [0.2, 0.25) is 0 Å². The molecule has 92 valence electrons. The van der Waals surface area contributed by atoms with Crippen molar-refractivity contribution in [2.24, 2.45) is 0 Å². The number of aromatic nitrogens is 2. The first kappa shape index (κ1) is 11.2. The van der Waals surface area contributed by atoms with Gasteiger partial charge in [0.15, 0.2) is 0 Å². The lowest BCUT2D eigenvalue weighted by atomic mass is 10.1. The van der Waals surface area contributed by atoms with E-state index in [2.05, 4.69) is 41.2 Å². The Labute approximate surface area is 107 Å². The van der Waals surface area contributed by atoms with Crippen LogP contribution >= 0.6 is 0 Å². The summed E-state index contributed by atoms with van der Waals surface area (Å²) in [7, 11) is 0. The van der Waals surface area contributed by atoms with Crippen molar-refractivity contribution in [3.63, 3.8) is 0 Å². The first-order chi connectivity index (χ1) is 8.70. The van der Waals surface area contributed by atoms with Gasteiger partial charge in [0.1, 0.15) is 11.6 Å². The molecule has 1 aromatic carbocycles. The topological polar surface area (TPSA) is 51.8 Å². The quantitative estimate of drug-likeness (QED) is 0.896. The standard InChI is InChI=1S/C15H17N3/c1-10-2-4-11(5-3-10)8-15-17-13(12-6-7-12)9-14(16)18-15/h2-5,9,12H,6-8H2,1H3,(H2,16,17,18). The highest BCUT2D eigenvalue weighted by Gasteiger charge is 2.25. The van der Waals surface area contributed by atoms with Gasteiger partial charge in [0, 0.05) is 24.1 Å². The van der Waals surface area contributed by atoms with Crippen molar-refractivity contribution in [2.45, 2.75) is 32.1 Å². The fourth-order valence-electron chi connectivity index (χ4n) is 2.09. The van der Waals surface area contributed by atoms with Crippen molar-refractivity contribution in [3.8, 4) is 0 Å². The van der Waals surface area contributed by atoms with Gasteiger partial charge in [0.25, 0.3) is 0 Å². The Hall–Kier alpha value is -1.90. The zero-order valence-corrected chi connectivity index (χ0v) is 10.6. The smallest absolute Gasteiger partial charge is 0.135 e.